The summed E-state index contributed by atoms with van der Waals surface area (Å²) in [6.45, 7) is 11.4. The summed E-state index contributed by atoms with van der Waals surface area (Å²) in [6, 6.07) is 4.00. The molecule has 1 amide bonds. The molecule has 20 heavy (non-hydrogen) atoms. The largest absolute Gasteiger partial charge is 0.306 e. The van der Waals surface area contributed by atoms with Crippen molar-refractivity contribution in [3.63, 3.8) is 0 Å². The highest BCUT2D eigenvalue weighted by Gasteiger charge is 2.40. The van der Waals surface area contributed by atoms with Gasteiger partial charge in [-0.2, -0.15) is 0 Å². The van der Waals surface area contributed by atoms with Crippen LogP contribution in [0.4, 0.5) is 5.69 Å². The Hall–Kier alpha value is -1.64. The van der Waals surface area contributed by atoms with E-state index in [-0.39, 0.29) is 17.2 Å². The lowest BCUT2D eigenvalue weighted by Gasteiger charge is -2.46. The van der Waals surface area contributed by atoms with Crippen LogP contribution in [0.15, 0.2) is 12.1 Å². The first kappa shape index (κ1) is 14.8. The number of anilines is 1. The number of amides is 1. The van der Waals surface area contributed by atoms with Gasteiger partial charge in [-0.05, 0) is 57.2 Å². The van der Waals surface area contributed by atoms with Gasteiger partial charge in [0.05, 0.1) is 5.69 Å². The predicted octanol–water partition coefficient (Wildman–Crippen LogP) is 3.84. The first-order chi connectivity index (χ1) is 9.15. The molecule has 0 radical (unpaired) electrons. The van der Waals surface area contributed by atoms with Crippen molar-refractivity contribution in [3.05, 3.63) is 28.8 Å². The van der Waals surface area contributed by atoms with Gasteiger partial charge in [0.25, 0.3) is 0 Å². The normalized spacial score (nSPS) is 20.5. The van der Waals surface area contributed by atoms with E-state index in [1.54, 1.807) is 18.7 Å². The van der Waals surface area contributed by atoms with E-state index >= 15 is 0 Å². The highest BCUT2D eigenvalue weighted by Crippen LogP contribution is 2.45. The van der Waals surface area contributed by atoms with Crippen molar-refractivity contribution < 1.29 is 9.59 Å². The number of hydrogen-bond acceptors (Lipinski definition) is 2. The van der Waals surface area contributed by atoms with Gasteiger partial charge in [-0.3, -0.25) is 9.59 Å². The van der Waals surface area contributed by atoms with Gasteiger partial charge in [-0.25, -0.2) is 0 Å². The van der Waals surface area contributed by atoms with Crippen LogP contribution >= 0.6 is 0 Å². The minimum atomic E-state index is -0.266. The molecule has 1 aliphatic rings. The molecular weight excluding hydrogens is 250 g/mol. The summed E-state index contributed by atoms with van der Waals surface area (Å²) in [4.78, 5) is 26.0. The lowest BCUT2D eigenvalue weighted by atomic mass is 9.78. The number of rotatable bonds is 1. The van der Waals surface area contributed by atoms with E-state index in [4.69, 9.17) is 0 Å². The Bertz CT molecular complexity index is 587. The van der Waals surface area contributed by atoms with Gasteiger partial charge in [-0.15, -0.1) is 0 Å². The van der Waals surface area contributed by atoms with Crippen molar-refractivity contribution in [3.8, 4) is 0 Å². The number of aryl methyl sites for hydroxylation is 1. The molecular formula is C17H23NO2. The van der Waals surface area contributed by atoms with Crippen molar-refractivity contribution in [1.82, 2.24) is 0 Å². The van der Waals surface area contributed by atoms with Gasteiger partial charge >= 0.3 is 0 Å². The Kier molecular flexibility index (Phi) is 3.49. The topological polar surface area (TPSA) is 37.4 Å². The minimum Gasteiger partial charge on any atom is -0.306 e. The van der Waals surface area contributed by atoms with Crippen LogP contribution in [0.2, 0.25) is 0 Å². The van der Waals surface area contributed by atoms with Crippen LogP contribution in [0.1, 0.15) is 68.4 Å². The fraction of sp³-hybridized carbons (Fsp3) is 0.529. The van der Waals surface area contributed by atoms with Gasteiger partial charge < -0.3 is 4.90 Å². The van der Waals surface area contributed by atoms with E-state index in [9.17, 15) is 9.59 Å². The van der Waals surface area contributed by atoms with Crippen molar-refractivity contribution in [2.45, 2.75) is 59.4 Å². The molecule has 0 aliphatic carbocycles. The second-order valence-electron chi connectivity index (χ2n) is 6.58. The molecule has 3 nitrogen and oxygen atoms in total. The SMILES string of the molecule is CC(=O)c1cc(C)cc2c1N(C(C)=O)C(C)(C)C[C@@H]2C. The number of ketones is 1. The number of carbonyl (C=O) groups is 2. The first-order valence-corrected chi connectivity index (χ1v) is 7.11. The molecule has 2 rings (SSSR count). The summed E-state index contributed by atoms with van der Waals surface area (Å²) in [5.41, 5.74) is 3.40. The summed E-state index contributed by atoms with van der Waals surface area (Å²) in [5.74, 6) is 0.351. The molecule has 0 N–H and O–H groups in total. The van der Waals surface area contributed by atoms with Crippen LogP contribution < -0.4 is 4.90 Å². The minimum absolute atomic E-state index is 0.00509. The second-order valence-corrected chi connectivity index (χ2v) is 6.58. The van der Waals surface area contributed by atoms with Gasteiger partial charge in [0.15, 0.2) is 5.78 Å². The molecule has 1 aliphatic heterocycles. The first-order valence-electron chi connectivity index (χ1n) is 7.11. The Balaban J connectivity index is 2.81. The smallest absolute Gasteiger partial charge is 0.224 e. The molecule has 0 saturated carbocycles. The molecule has 0 unspecified atom stereocenters. The molecule has 0 saturated heterocycles. The van der Waals surface area contributed by atoms with E-state index in [0.717, 1.165) is 23.2 Å². The Labute approximate surface area is 121 Å². The second kappa shape index (κ2) is 4.72. The van der Waals surface area contributed by atoms with Crippen molar-refractivity contribution in [1.29, 1.82) is 0 Å². The van der Waals surface area contributed by atoms with Gasteiger partial charge in [-0.1, -0.05) is 13.0 Å². The third kappa shape index (κ3) is 2.26. The zero-order valence-electron chi connectivity index (χ0n) is 13.2. The van der Waals surface area contributed by atoms with E-state index in [1.807, 2.05) is 13.0 Å². The Morgan fingerprint density at radius 1 is 1.25 bits per heavy atom. The maximum absolute atomic E-state index is 12.2. The zero-order chi connectivity index (χ0) is 15.2. The monoisotopic (exact) mass is 273 g/mol. The molecule has 0 bridgehead atoms. The maximum atomic E-state index is 12.2. The summed E-state index contributed by atoms with van der Waals surface area (Å²) in [6.07, 6.45) is 0.903. The quantitative estimate of drug-likeness (QED) is 0.729. The molecule has 0 aromatic heterocycles. The van der Waals surface area contributed by atoms with E-state index in [2.05, 4.69) is 26.8 Å². The van der Waals surface area contributed by atoms with Gasteiger partial charge in [0, 0.05) is 18.0 Å². The van der Waals surface area contributed by atoms with Crippen LogP contribution in [0.5, 0.6) is 0 Å². The lowest BCUT2D eigenvalue weighted by Crippen LogP contribution is -2.51. The average Bonchev–Trinajstić information content (AvgIpc) is 2.27. The third-order valence-electron chi connectivity index (χ3n) is 4.14. The third-order valence-corrected chi connectivity index (χ3v) is 4.14. The Morgan fingerprint density at radius 3 is 2.35 bits per heavy atom. The molecule has 1 aromatic carbocycles. The molecule has 1 heterocycles. The molecule has 1 atom stereocenters. The zero-order valence-corrected chi connectivity index (χ0v) is 13.2. The number of Topliss-reactive ketones (excluding diaryl/α,β-unsaturated/α-hetero) is 1. The summed E-state index contributed by atoms with van der Waals surface area (Å²) < 4.78 is 0. The fourth-order valence-corrected chi connectivity index (χ4v) is 3.54. The lowest BCUT2D eigenvalue weighted by molar-refractivity contribution is -0.117. The number of nitrogens with zero attached hydrogens (tertiary/aromatic N) is 1. The van der Waals surface area contributed by atoms with E-state index in [0.29, 0.717) is 11.5 Å². The molecule has 108 valence electrons. The van der Waals surface area contributed by atoms with Crippen molar-refractivity contribution >= 4 is 17.4 Å². The molecule has 3 heteroatoms. The van der Waals surface area contributed by atoms with Crippen molar-refractivity contribution in [2.75, 3.05) is 4.90 Å². The summed E-state index contributed by atoms with van der Waals surface area (Å²) in [7, 11) is 0. The number of hydrogen-bond donors (Lipinski definition) is 0. The van der Waals surface area contributed by atoms with Crippen LogP contribution in [0, 0.1) is 6.92 Å². The summed E-state index contributed by atoms with van der Waals surface area (Å²) >= 11 is 0. The molecule has 0 spiro atoms. The molecule has 1 aromatic rings. The van der Waals surface area contributed by atoms with Crippen molar-refractivity contribution in [2.24, 2.45) is 0 Å². The highest BCUT2D eigenvalue weighted by molar-refractivity contribution is 6.06. The standard InChI is InChI=1S/C17H23NO2/c1-10-7-14-11(2)9-17(5,6)18(13(4)20)16(14)15(8-10)12(3)19/h7-8,11H,9H2,1-6H3/t11-/m0/s1. The number of fused-ring (bicyclic) bond motifs is 1. The number of carbonyl (C=O) groups excluding carboxylic acids is 2. The number of benzene rings is 1. The fourth-order valence-electron chi connectivity index (χ4n) is 3.54. The van der Waals surface area contributed by atoms with Gasteiger partial charge in [0.2, 0.25) is 5.91 Å². The van der Waals surface area contributed by atoms with E-state index in [1.165, 1.54) is 0 Å². The Morgan fingerprint density at radius 2 is 1.85 bits per heavy atom. The van der Waals surface area contributed by atoms with Crippen LogP contribution in [-0.4, -0.2) is 17.2 Å². The summed E-state index contributed by atoms with van der Waals surface area (Å²) in [5, 5.41) is 0. The van der Waals surface area contributed by atoms with Crippen LogP contribution in [-0.2, 0) is 4.79 Å². The van der Waals surface area contributed by atoms with Crippen LogP contribution in [0.3, 0.4) is 0 Å². The average molecular weight is 273 g/mol. The molecule has 0 fully saturated rings. The highest BCUT2D eigenvalue weighted by atomic mass is 16.2. The van der Waals surface area contributed by atoms with E-state index < -0.39 is 0 Å². The maximum Gasteiger partial charge on any atom is 0.224 e. The van der Waals surface area contributed by atoms with Crippen LogP contribution in [0.25, 0.3) is 0 Å². The van der Waals surface area contributed by atoms with Gasteiger partial charge in [0.1, 0.15) is 0 Å². The predicted molar refractivity (Wildman–Crippen MR) is 81.5 cm³/mol.